The first-order valence-corrected chi connectivity index (χ1v) is 35.5. The summed E-state index contributed by atoms with van der Waals surface area (Å²) in [6, 6.07) is -0.883. The molecule has 1 amide bonds. The number of nitrogens with one attached hydrogen (secondary N) is 1. The third-order valence-corrected chi connectivity index (χ3v) is 17.0. The smallest absolute Gasteiger partial charge is 0.268 e. The lowest BCUT2D eigenvalue weighted by Crippen LogP contribution is -2.45. The maximum atomic E-state index is 13.0. The quantitative estimate of drug-likeness (QED) is 0.0272. The van der Waals surface area contributed by atoms with Crippen LogP contribution in [0.15, 0.2) is 12.2 Å². The molecule has 76 heavy (non-hydrogen) atoms. The Labute approximate surface area is 475 Å². The summed E-state index contributed by atoms with van der Waals surface area (Å²) in [5, 5.41) is 14.0. The molecule has 3 atom stereocenters. The van der Waals surface area contributed by atoms with E-state index in [1.807, 2.05) is 27.2 Å². The van der Waals surface area contributed by atoms with Gasteiger partial charge in [-0.25, -0.2) is 0 Å². The van der Waals surface area contributed by atoms with Crippen LogP contribution in [0.25, 0.3) is 0 Å². The number of nitrogens with zero attached hydrogens (tertiary/aromatic N) is 1. The zero-order valence-electron chi connectivity index (χ0n) is 52.0. The molecular formula is C67H135N2O6P. The number of hydrogen-bond donors (Lipinski definition) is 2. The van der Waals surface area contributed by atoms with E-state index in [4.69, 9.17) is 9.05 Å². The van der Waals surface area contributed by atoms with Gasteiger partial charge in [0.25, 0.3) is 7.82 Å². The zero-order valence-corrected chi connectivity index (χ0v) is 52.9. The van der Waals surface area contributed by atoms with Gasteiger partial charge in [0, 0.05) is 6.42 Å². The summed E-state index contributed by atoms with van der Waals surface area (Å²) in [6.07, 6.45) is 74.7. The van der Waals surface area contributed by atoms with E-state index in [9.17, 15) is 19.4 Å². The monoisotopic (exact) mass is 1100 g/mol. The maximum Gasteiger partial charge on any atom is 0.268 e. The summed E-state index contributed by atoms with van der Waals surface area (Å²) in [5.41, 5.74) is 0. The lowest BCUT2D eigenvalue weighted by atomic mass is 10.0. The Bertz CT molecular complexity index is 1240. The first kappa shape index (κ1) is 75.2. The van der Waals surface area contributed by atoms with Crippen LogP contribution in [0, 0.1) is 0 Å². The number of amides is 1. The predicted molar refractivity (Wildman–Crippen MR) is 330 cm³/mol. The average Bonchev–Trinajstić information content (AvgIpc) is 3.38. The SMILES string of the molecule is CCCCCCCCCCCCCCCCCCCCCCCC/C=C/C(O)C(COP(=O)([O-])OCC[N+](C)(C)C)NC(=O)CCCCCCCCCCCCCCCCCCCCCCCCCCCCCCCC. The van der Waals surface area contributed by atoms with Crippen molar-refractivity contribution in [3.05, 3.63) is 12.2 Å². The standard InChI is InChI=1S/C67H135N2O6P/c1-6-8-10-12-14-16-18-20-22-24-26-28-30-32-33-34-35-36-37-39-41-43-45-47-49-51-53-55-57-59-61-67(71)68-65(64-75-76(72,73)74-63-62-69(3,4)5)66(70)60-58-56-54-52-50-48-46-44-42-40-38-31-29-27-25-23-21-19-17-15-13-11-9-7-2/h58,60,65-66,70H,6-57,59,61-64H2,1-5H3,(H-,68,71,72,73)/b60-58+. The van der Waals surface area contributed by atoms with Crippen LogP contribution in [0.5, 0.6) is 0 Å². The van der Waals surface area contributed by atoms with E-state index in [-0.39, 0.29) is 19.1 Å². The Morgan fingerprint density at radius 2 is 0.711 bits per heavy atom. The highest BCUT2D eigenvalue weighted by molar-refractivity contribution is 7.45. The lowest BCUT2D eigenvalue weighted by molar-refractivity contribution is -0.870. The topological polar surface area (TPSA) is 108 Å². The number of rotatable bonds is 64. The van der Waals surface area contributed by atoms with Crippen molar-refractivity contribution in [3.8, 4) is 0 Å². The fourth-order valence-electron chi connectivity index (χ4n) is 10.7. The molecule has 0 radical (unpaired) electrons. The van der Waals surface area contributed by atoms with Crippen molar-refractivity contribution >= 4 is 13.7 Å². The molecule has 0 spiro atoms. The molecule has 2 N–H and O–H groups in total. The molecule has 0 aliphatic rings. The van der Waals surface area contributed by atoms with Gasteiger partial charge in [-0.05, 0) is 19.3 Å². The minimum absolute atomic E-state index is 0.00296. The molecular weight excluding hydrogens is 960 g/mol. The van der Waals surface area contributed by atoms with Crippen LogP contribution in [-0.2, 0) is 18.4 Å². The van der Waals surface area contributed by atoms with Crippen molar-refractivity contribution in [1.29, 1.82) is 0 Å². The summed E-state index contributed by atoms with van der Waals surface area (Å²) in [5.74, 6) is -0.187. The Morgan fingerprint density at radius 3 is 0.987 bits per heavy atom. The van der Waals surface area contributed by atoms with E-state index in [2.05, 4.69) is 19.2 Å². The Kier molecular flexibility index (Phi) is 58.3. The molecule has 0 aliphatic heterocycles. The molecule has 0 aromatic heterocycles. The summed E-state index contributed by atoms with van der Waals surface area (Å²) in [6.45, 7) is 4.72. The van der Waals surface area contributed by atoms with E-state index in [1.54, 1.807) is 6.08 Å². The van der Waals surface area contributed by atoms with Crippen LogP contribution in [0.3, 0.4) is 0 Å². The number of quaternary nitrogens is 1. The largest absolute Gasteiger partial charge is 0.756 e. The number of phosphoric ester groups is 1. The van der Waals surface area contributed by atoms with Gasteiger partial charge in [-0.2, -0.15) is 0 Å². The lowest BCUT2D eigenvalue weighted by Gasteiger charge is -2.29. The van der Waals surface area contributed by atoms with Crippen molar-refractivity contribution in [2.45, 2.75) is 373 Å². The van der Waals surface area contributed by atoms with E-state index in [1.165, 1.54) is 302 Å². The second-order valence-corrected chi connectivity index (χ2v) is 26.3. The number of unbranched alkanes of at least 4 members (excludes halogenated alkanes) is 51. The minimum atomic E-state index is -4.60. The summed E-state index contributed by atoms with van der Waals surface area (Å²) in [4.78, 5) is 25.6. The van der Waals surface area contributed by atoms with Crippen molar-refractivity contribution in [2.75, 3.05) is 40.9 Å². The Morgan fingerprint density at radius 1 is 0.447 bits per heavy atom. The van der Waals surface area contributed by atoms with Gasteiger partial charge in [0.15, 0.2) is 0 Å². The molecule has 8 nitrogen and oxygen atoms in total. The number of carbonyl (C=O) groups is 1. The second kappa shape index (κ2) is 58.9. The van der Waals surface area contributed by atoms with Crippen molar-refractivity contribution in [1.82, 2.24) is 5.32 Å². The number of allylic oxidation sites excluding steroid dienone is 1. The Hall–Kier alpha value is -0.760. The first-order valence-electron chi connectivity index (χ1n) is 34.1. The predicted octanol–water partition coefficient (Wildman–Crippen LogP) is 20.7. The molecule has 0 aromatic carbocycles. The highest BCUT2D eigenvalue weighted by Crippen LogP contribution is 2.38. The van der Waals surface area contributed by atoms with Crippen LogP contribution in [-0.4, -0.2) is 68.5 Å². The van der Waals surface area contributed by atoms with Gasteiger partial charge < -0.3 is 28.8 Å². The van der Waals surface area contributed by atoms with Crippen molar-refractivity contribution < 1.29 is 32.9 Å². The number of hydrogen-bond acceptors (Lipinski definition) is 6. The highest BCUT2D eigenvalue weighted by atomic mass is 31.2. The summed E-state index contributed by atoms with van der Waals surface area (Å²) in [7, 11) is 1.28. The molecule has 3 unspecified atom stereocenters. The van der Waals surface area contributed by atoms with Crippen LogP contribution in [0.4, 0.5) is 0 Å². The van der Waals surface area contributed by atoms with Gasteiger partial charge in [0.1, 0.15) is 13.2 Å². The maximum absolute atomic E-state index is 13.0. The number of likely N-dealkylation sites (N-methyl/N-ethyl adjacent to an activating group) is 1. The van der Waals surface area contributed by atoms with Gasteiger partial charge >= 0.3 is 0 Å². The third-order valence-electron chi connectivity index (χ3n) is 16.0. The molecule has 0 aromatic rings. The molecule has 0 fully saturated rings. The molecule has 0 aliphatic carbocycles. The zero-order chi connectivity index (χ0) is 55.6. The van der Waals surface area contributed by atoms with Crippen LogP contribution < -0.4 is 10.2 Å². The van der Waals surface area contributed by atoms with Crippen LogP contribution in [0.2, 0.25) is 0 Å². The molecule has 0 saturated heterocycles. The normalized spacial score (nSPS) is 13.7. The van der Waals surface area contributed by atoms with Crippen molar-refractivity contribution in [3.63, 3.8) is 0 Å². The van der Waals surface area contributed by atoms with Crippen LogP contribution >= 0.6 is 7.82 Å². The third kappa shape index (κ3) is 60.9. The Balaban J connectivity index is 4.04. The average molecular weight is 1100 g/mol. The molecule has 9 heteroatoms. The van der Waals surface area contributed by atoms with E-state index in [0.717, 1.165) is 38.5 Å². The summed E-state index contributed by atoms with van der Waals surface area (Å²) >= 11 is 0. The highest BCUT2D eigenvalue weighted by Gasteiger charge is 2.23. The first-order chi connectivity index (χ1) is 37.0. The van der Waals surface area contributed by atoms with Gasteiger partial charge in [-0.3, -0.25) is 9.36 Å². The van der Waals surface area contributed by atoms with Crippen molar-refractivity contribution in [2.24, 2.45) is 0 Å². The number of aliphatic hydroxyl groups is 1. The van der Waals surface area contributed by atoms with E-state index in [0.29, 0.717) is 17.4 Å². The second-order valence-electron chi connectivity index (χ2n) is 24.9. The van der Waals surface area contributed by atoms with Gasteiger partial charge in [-0.1, -0.05) is 347 Å². The molecule has 0 saturated carbocycles. The van der Waals surface area contributed by atoms with Gasteiger partial charge in [0.2, 0.25) is 5.91 Å². The van der Waals surface area contributed by atoms with Gasteiger partial charge in [0.05, 0.1) is 39.9 Å². The number of phosphoric acid groups is 1. The van der Waals surface area contributed by atoms with Gasteiger partial charge in [-0.15, -0.1) is 0 Å². The number of aliphatic hydroxyl groups excluding tert-OH is 1. The minimum Gasteiger partial charge on any atom is -0.756 e. The molecule has 0 rings (SSSR count). The molecule has 0 heterocycles. The number of carbonyl (C=O) groups excluding carboxylic acids is 1. The van der Waals surface area contributed by atoms with E-state index >= 15 is 0 Å². The van der Waals surface area contributed by atoms with E-state index < -0.39 is 20.0 Å². The molecule has 0 bridgehead atoms. The molecule has 454 valence electrons. The van der Waals surface area contributed by atoms with Crippen LogP contribution in [0.1, 0.15) is 361 Å². The summed E-state index contributed by atoms with van der Waals surface area (Å²) < 4.78 is 23.4. The fourth-order valence-corrected chi connectivity index (χ4v) is 11.4. The fraction of sp³-hybridized carbons (Fsp3) is 0.955.